The number of unbranched alkanes of at least 4 members (excludes halogenated alkanes) is 3. The third kappa shape index (κ3) is 8.80. The highest BCUT2D eigenvalue weighted by Gasteiger charge is 2.56. The molecule has 16 heteroatoms. The molecule has 0 spiro atoms. The van der Waals surface area contributed by atoms with Crippen LogP contribution in [-0.4, -0.2) is 108 Å². The van der Waals surface area contributed by atoms with Crippen molar-refractivity contribution >= 4 is 23.8 Å². The average Bonchev–Trinajstić information content (AvgIpc) is 3.61. The van der Waals surface area contributed by atoms with E-state index in [4.69, 9.17) is 9.47 Å². The number of fused-ring (bicyclic) bond motifs is 6. The Morgan fingerprint density at radius 2 is 0.907 bits per heavy atom. The van der Waals surface area contributed by atoms with Crippen LogP contribution >= 0.6 is 0 Å². The molecular formula is C38H52F4N6O6. The van der Waals surface area contributed by atoms with Gasteiger partial charge in [0.1, 0.15) is 12.1 Å². The number of carbonyl (C=O) groups excluding carboxylic acids is 4. The molecule has 2 saturated heterocycles. The normalized spacial score (nSPS) is 35.1. The Kier molecular flexibility index (Phi) is 11.6. The summed E-state index contributed by atoms with van der Waals surface area (Å²) in [5.41, 5.74) is -2.07. The zero-order chi connectivity index (χ0) is 38.8. The number of nitrogens with one attached hydrogen (secondary N) is 2. The molecular weight excluding hydrogens is 712 g/mol. The van der Waals surface area contributed by atoms with Crippen LogP contribution < -0.4 is 10.6 Å². The minimum absolute atomic E-state index is 0.209. The lowest BCUT2D eigenvalue weighted by molar-refractivity contribution is -0.165. The SMILES string of the molecule is N#C[C@@H]1CC(F)(F)CN1CC(=O)NC12CCC(C(=O)OCCCCCCOC(=O)C34CCC(NC(=O)CN5CC(F)(F)C[C@H]5C#N)(CC3)CC4)(CC1)CC2. The summed E-state index contributed by atoms with van der Waals surface area (Å²) in [6, 6.07) is 1.76. The minimum atomic E-state index is -2.98. The van der Waals surface area contributed by atoms with E-state index in [1.807, 2.05) is 12.1 Å². The number of halogens is 4. The van der Waals surface area contributed by atoms with Crippen molar-refractivity contribution in [3.63, 3.8) is 0 Å². The molecule has 2 amide bonds. The lowest BCUT2D eigenvalue weighted by Crippen LogP contribution is -2.59. The summed E-state index contributed by atoms with van der Waals surface area (Å²) in [4.78, 5) is 54.3. The highest BCUT2D eigenvalue weighted by Crippen LogP contribution is 2.54. The summed E-state index contributed by atoms with van der Waals surface area (Å²) in [5.74, 6) is -7.12. The van der Waals surface area contributed by atoms with E-state index < -0.39 is 71.8 Å². The molecule has 0 aromatic heterocycles. The van der Waals surface area contributed by atoms with E-state index >= 15 is 0 Å². The zero-order valence-corrected chi connectivity index (χ0v) is 30.9. The Hall–Kier alpha value is -3.50. The van der Waals surface area contributed by atoms with Crippen molar-refractivity contribution in [1.82, 2.24) is 20.4 Å². The molecule has 8 aliphatic rings. The van der Waals surface area contributed by atoms with E-state index in [-0.39, 0.29) is 36.8 Å². The van der Waals surface area contributed by atoms with Gasteiger partial charge in [-0.05, 0) is 103 Å². The number of hydrogen-bond acceptors (Lipinski definition) is 10. The predicted molar refractivity (Wildman–Crippen MR) is 183 cm³/mol. The van der Waals surface area contributed by atoms with Gasteiger partial charge in [-0.15, -0.1) is 0 Å². The van der Waals surface area contributed by atoms with Crippen molar-refractivity contribution in [2.24, 2.45) is 10.8 Å². The molecule has 0 unspecified atom stereocenters. The summed E-state index contributed by atoms with van der Waals surface area (Å²) < 4.78 is 66.5. The molecule has 8 rings (SSSR count). The standard InChI is InChI=1S/C38H52F4N6O6/c39-37(40)19-27(21-43)47(25-37)23-29(49)45-35-11-5-33(6-12-35,7-13-35)31(51)53-17-3-1-2-4-18-54-32(52)34-8-14-36(15-9-34,16-10-34)46-30(50)24-48-26-38(41,42)20-28(48)22-44/h27-28H,1-20,23-26H2,(H,45,49)(H,46,50)/t27-,28-,33?,34?,35?,36?/m0/s1. The smallest absolute Gasteiger partial charge is 0.312 e. The van der Waals surface area contributed by atoms with Gasteiger partial charge < -0.3 is 20.1 Å². The zero-order valence-electron chi connectivity index (χ0n) is 30.9. The molecule has 2 heterocycles. The number of nitrogens with zero attached hydrogens (tertiary/aromatic N) is 4. The number of nitriles is 2. The van der Waals surface area contributed by atoms with Crippen LogP contribution in [0.5, 0.6) is 0 Å². The molecule has 4 bridgehead atoms. The van der Waals surface area contributed by atoms with Gasteiger partial charge in [-0.2, -0.15) is 10.5 Å². The lowest BCUT2D eigenvalue weighted by atomic mass is 9.57. The Morgan fingerprint density at radius 3 is 1.22 bits per heavy atom. The highest BCUT2D eigenvalue weighted by atomic mass is 19.3. The Morgan fingerprint density at radius 1 is 0.574 bits per heavy atom. The van der Waals surface area contributed by atoms with Gasteiger partial charge in [-0.3, -0.25) is 29.0 Å². The van der Waals surface area contributed by atoms with Gasteiger partial charge in [0, 0.05) is 23.9 Å². The monoisotopic (exact) mass is 764 g/mol. The van der Waals surface area contributed by atoms with E-state index in [1.165, 1.54) is 9.80 Å². The third-order valence-electron chi connectivity index (χ3n) is 13.4. The molecule has 0 radical (unpaired) electrons. The molecule has 298 valence electrons. The van der Waals surface area contributed by atoms with Crippen molar-refractivity contribution in [3.8, 4) is 12.1 Å². The number of esters is 2. The van der Waals surface area contributed by atoms with Crippen molar-refractivity contribution in [2.75, 3.05) is 39.4 Å². The van der Waals surface area contributed by atoms with Gasteiger partial charge >= 0.3 is 11.9 Å². The fraction of sp³-hybridized carbons (Fsp3) is 0.842. The maximum absolute atomic E-state index is 13.8. The van der Waals surface area contributed by atoms with Gasteiger partial charge in [0.15, 0.2) is 0 Å². The summed E-state index contributed by atoms with van der Waals surface area (Å²) in [6.07, 6.45) is 9.02. The lowest BCUT2D eigenvalue weighted by Gasteiger charge is -2.52. The Bertz CT molecular complexity index is 1390. The van der Waals surface area contributed by atoms with Gasteiger partial charge in [0.2, 0.25) is 11.8 Å². The van der Waals surface area contributed by atoms with Crippen molar-refractivity contribution in [3.05, 3.63) is 0 Å². The second kappa shape index (κ2) is 15.6. The van der Waals surface area contributed by atoms with Crippen LogP contribution in [0.4, 0.5) is 17.6 Å². The molecule has 6 saturated carbocycles. The summed E-state index contributed by atoms with van der Waals surface area (Å²) >= 11 is 0. The first kappa shape index (κ1) is 40.2. The van der Waals surface area contributed by atoms with Crippen LogP contribution in [0.15, 0.2) is 0 Å². The molecule has 2 aliphatic heterocycles. The van der Waals surface area contributed by atoms with Crippen LogP contribution in [-0.2, 0) is 28.7 Å². The van der Waals surface area contributed by atoms with Crippen LogP contribution in [0.25, 0.3) is 0 Å². The van der Waals surface area contributed by atoms with E-state index in [9.17, 15) is 47.3 Å². The molecule has 54 heavy (non-hydrogen) atoms. The Balaban J connectivity index is 0.818. The average molecular weight is 765 g/mol. The quantitative estimate of drug-likeness (QED) is 0.138. The summed E-state index contributed by atoms with van der Waals surface area (Å²) in [7, 11) is 0. The molecule has 12 nitrogen and oxygen atoms in total. The number of ether oxygens (including phenoxy) is 2. The largest absolute Gasteiger partial charge is 0.465 e. The first-order valence-corrected chi connectivity index (χ1v) is 19.5. The summed E-state index contributed by atoms with van der Waals surface area (Å²) in [6.45, 7) is -1.12. The van der Waals surface area contributed by atoms with Crippen LogP contribution in [0, 0.1) is 33.5 Å². The van der Waals surface area contributed by atoms with Crippen molar-refractivity contribution in [2.45, 2.75) is 151 Å². The maximum Gasteiger partial charge on any atom is 0.312 e. The summed E-state index contributed by atoms with van der Waals surface area (Å²) in [5, 5.41) is 24.5. The van der Waals surface area contributed by atoms with Gasteiger partial charge in [-0.25, -0.2) is 17.6 Å². The first-order valence-electron chi connectivity index (χ1n) is 19.5. The maximum atomic E-state index is 13.8. The fourth-order valence-electron chi connectivity index (χ4n) is 9.95. The van der Waals surface area contributed by atoms with Gasteiger partial charge in [-0.1, -0.05) is 0 Å². The van der Waals surface area contributed by atoms with Crippen LogP contribution in [0.1, 0.15) is 116 Å². The Labute approximate surface area is 313 Å². The van der Waals surface area contributed by atoms with E-state index in [0.29, 0.717) is 103 Å². The topological polar surface area (TPSA) is 165 Å². The van der Waals surface area contributed by atoms with Crippen LogP contribution in [0.2, 0.25) is 0 Å². The minimum Gasteiger partial charge on any atom is -0.465 e. The van der Waals surface area contributed by atoms with Crippen molar-refractivity contribution < 1.29 is 46.2 Å². The molecule has 8 fully saturated rings. The highest BCUT2D eigenvalue weighted by molar-refractivity contribution is 5.81. The third-order valence-corrected chi connectivity index (χ3v) is 13.4. The molecule has 2 N–H and O–H groups in total. The van der Waals surface area contributed by atoms with E-state index in [1.54, 1.807) is 0 Å². The molecule has 6 aliphatic carbocycles. The van der Waals surface area contributed by atoms with Crippen molar-refractivity contribution in [1.29, 1.82) is 10.5 Å². The number of rotatable bonds is 15. The molecule has 0 aromatic rings. The number of likely N-dealkylation sites (tertiary alicyclic amines) is 2. The molecule has 2 atom stereocenters. The van der Waals surface area contributed by atoms with Gasteiger partial charge in [0.05, 0.1) is 62.4 Å². The predicted octanol–water partition coefficient (Wildman–Crippen LogP) is 4.52. The van der Waals surface area contributed by atoms with E-state index in [2.05, 4.69) is 10.6 Å². The number of hydrogen-bond donors (Lipinski definition) is 2. The molecule has 0 aromatic carbocycles. The number of amides is 2. The first-order chi connectivity index (χ1) is 25.5. The number of carbonyl (C=O) groups is 4. The second-order valence-corrected chi connectivity index (χ2v) is 17.1. The second-order valence-electron chi connectivity index (χ2n) is 17.1. The fourth-order valence-corrected chi connectivity index (χ4v) is 9.95. The number of alkyl halides is 4. The van der Waals surface area contributed by atoms with Crippen LogP contribution in [0.3, 0.4) is 0 Å². The van der Waals surface area contributed by atoms with E-state index in [0.717, 1.165) is 12.8 Å². The van der Waals surface area contributed by atoms with Gasteiger partial charge in [0.25, 0.3) is 11.8 Å².